The van der Waals surface area contributed by atoms with Crippen LogP contribution in [-0.2, 0) is 0 Å². The number of nitrogens with zero attached hydrogens (tertiary/aromatic N) is 2. The topological polar surface area (TPSA) is 46.0 Å². The van der Waals surface area contributed by atoms with E-state index in [0.717, 1.165) is 23.6 Å². The molecule has 2 rings (SSSR count). The summed E-state index contributed by atoms with van der Waals surface area (Å²) in [5, 5.41) is 17.7. The molecule has 0 saturated heterocycles. The number of hydrogen-bond acceptors (Lipinski definition) is 6. The second kappa shape index (κ2) is 6.38. The van der Waals surface area contributed by atoms with E-state index in [1.165, 1.54) is 0 Å². The van der Waals surface area contributed by atoms with Crippen molar-refractivity contribution in [2.75, 3.05) is 6.26 Å². The summed E-state index contributed by atoms with van der Waals surface area (Å²) in [4.78, 5) is 1.08. The van der Waals surface area contributed by atoms with E-state index < -0.39 is 6.10 Å². The van der Waals surface area contributed by atoms with Crippen LogP contribution in [0.25, 0.3) is 0 Å². The van der Waals surface area contributed by atoms with Crippen LogP contribution in [-0.4, -0.2) is 21.6 Å². The Labute approximate surface area is 127 Å². The standard InChI is InChI=1S/C11H11BrN2OS3/c1-6(15)8-4-3-7(5-9(8)12)17-11-14-13-10(16-2)18-11/h3-6,15H,1-2H3/t6-/m1/s1. The zero-order valence-corrected chi connectivity index (χ0v) is 13.8. The second-order valence-electron chi connectivity index (χ2n) is 3.50. The maximum absolute atomic E-state index is 9.56. The van der Waals surface area contributed by atoms with E-state index in [2.05, 4.69) is 26.1 Å². The molecule has 18 heavy (non-hydrogen) atoms. The molecule has 1 aromatic heterocycles. The van der Waals surface area contributed by atoms with Crippen LogP contribution in [0.5, 0.6) is 0 Å². The van der Waals surface area contributed by atoms with E-state index >= 15 is 0 Å². The van der Waals surface area contributed by atoms with Crippen LogP contribution in [0.3, 0.4) is 0 Å². The zero-order chi connectivity index (χ0) is 13.1. The van der Waals surface area contributed by atoms with Gasteiger partial charge in [0.1, 0.15) is 0 Å². The Hall–Kier alpha value is -0.0800. The minimum Gasteiger partial charge on any atom is -0.389 e. The molecule has 1 atom stereocenters. The van der Waals surface area contributed by atoms with E-state index in [9.17, 15) is 5.11 Å². The summed E-state index contributed by atoms with van der Waals surface area (Å²) >= 11 is 8.23. The fraction of sp³-hybridized carbons (Fsp3) is 0.273. The lowest BCUT2D eigenvalue weighted by molar-refractivity contribution is 0.198. The molecule has 0 bridgehead atoms. The van der Waals surface area contributed by atoms with Gasteiger partial charge in [0.25, 0.3) is 0 Å². The molecule has 1 N–H and O–H groups in total. The van der Waals surface area contributed by atoms with Gasteiger partial charge in [0, 0.05) is 9.37 Å². The van der Waals surface area contributed by atoms with Gasteiger partial charge in [-0.1, -0.05) is 56.9 Å². The smallest absolute Gasteiger partial charge is 0.179 e. The molecular weight excluding hydrogens is 352 g/mol. The average molecular weight is 363 g/mol. The van der Waals surface area contributed by atoms with Gasteiger partial charge in [0.15, 0.2) is 8.68 Å². The molecule has 7 heteroatoms. The summed E-state index contributed by atoms with van der Waals surface area (Å²) in [6, 6.07) is 5.90. The lowest BCUT2D eigenvalue weighted by Gasteiger charge is -2.08. The van der Waals surface area contributed by atoms with Crippen LogP contribution in [0.2, 0.25) is 0 Å². The van der Waals surface area contributed by atoms with Crippen LogP contribution in [0, 0.1) is 0 Å². The number of aliphatic hydroxyl groups is 1. The lowest BCUT2D eigenvalue weighted by atomic mass is 10.1. The molecule has 0 amide bonds. The van der Waals surface area contributed by atoms with Gasteiger partial charge in [0.2, 0.25) is 0 Å². The number of aromatic nitrogens is 2. The van der Waals surface area contributed by atoms with Crippen LogP contribution in [0.1, 0.15) is 18.6 Å². The molecule has 2 aromatic rings. The number of aliphatic hydroxyl groups excluding tert-OH is 1. The molecule has 96 valence electrons. The van der Waals surface area contributed by atoms with Gasteiger partial charge in [0.05, 0.1) is 6.10 Å². The molecule has 0 spiro atoms. The van der Waals surface area contributed by atoms with Crippen LogP contribution in [0.15, 0.2) is 36.2 Å². The third kappa shape index (κ3) is 3.48. The normalized spacial score (nSPS) is 12.7. The Balaban J connectivity index is 2.17. The summed E-state index contributed by atoms with van der Waals surface area (Å²) in [5.41, 5.74) is 0.890. The van der Waals surface area contributed by atoms with Gasteiger partial charge in [-0.25, -0.2) is 0 Å². The maximum atomic E-state index is 9.56. The van der Waals surface area contributed by atoms with E-state index in [0.29, 0.717) is 0 Å². The fourth-order valence-electron chi connectivity index (χ4n) is 1.33. The fourth-order valence-corrected chi connectivity index (χ4v) is 4.65. The highest BCUT2D eigenvalue weighted by Crippen LogP contribution is 2.35. The number of thioether (sulfide) groups is 1. The molecule has 0 unspecified atom stereocenters. The first-order valence-electron chi connectivity index (χ1n) is 5.13. The van der Waals surface area contributed by atoms with Crippen molar-refractivity contribution in [2.24, 2.45) is 0 Å². The van der Waals surface area contributed by atoms with Gasteiger partial charge < -0.3 is 5.11 Å². The molecule has 0 aliphatic carbocycles. The Morgan fingerprint density at radius 2 is 2.06 bits per heavy atom. The zero-order valence-electron chi connectivity index (χ0n) is 9.75. The minimum atomic E-state index is -0.469. The van der Waals surface area contributed by atoms with Crippen LogP contribution >= 0.6 is 50.8 Å². The minimum absolute atomic E-state index is 0.469. The SMILES string of the molecule is CSc1nnc(Sc2ccc([C@@H](C)O)c(Br)c2)s1. The van der Waals surface area contributed by atoms with E-state index in [1.807, 2.05) is 24.5 Å². The third-order valence-corrected chi connectivity index (χ3v) is 5.82. The first kappa shape index (κ1) is 14.3. The monoisotopic (exact) mass is 362 g/mol. The first-order chi connectivity index (χ1) is 8.60. The Kier molecular flexibility index (Phi) is 5.08. The maximum Gasteiger partial charge on any atom is 0.179 e. The van der Waals surface area contributed by atoms with Crippen molar-refractivity contribution in [3.63, 3.8) is 0 Å². The average Bonchev–Trinajstić information content (AvgIpc) is 2.76. The number of rotatable bonds is 4. The van der Waals surface area contributed by atoms with E-state index in [4.69, 9.17) is 0 Å². The highest BCUT2D eigenvalue weighted by Gasteiger charge is 2.09. The van der Waals surface area contributed by atoms with Gasteiger partial charge in [-0.05, 0) is 30.9 Å². The molecule has 1 heterocycles. The second-order valence-corrected chi connectivity index (χ2v) is 7.71. The molecule has 0 fully saturated rings. The molecule has 0 saturated carbocycles. The molecule has 0 radical (unpaired) electrons. The predicted octanol–water partition coefficient (Wildman–Crippen LogP) is 4.23. The van der Waals surface area contributed by atoms with Gasteiger partial charge in [-0.3, -0.25) is 0 Å². The summed E-state index contributed by atoms with van der Waals surface area (Å²) < 4.78 is 2.81. The van der Waals surface area contributed by atoms with Crippen molar-refractivity contribution < 1.29 is 5.11 Å². The van der Waals surface area contributed by atoms with Gasteiger partial charge >= 0.3 is 0 Å². The van der Waals surface area contributed by atoms with E-state index in [1.54, 1.807) is 41.8 Å². The van der Waals surface area contributed by atoms with Crippen molar-refractivity contribution in [3.05, 3.63) is 28.2 Å². The van der Waals surface area contributed by atoms with Crippen LogP contribution < -0.4 is 0 Å². The lowest BCUT2D eigenvalue weighted by Crippen LogP contribution is -1.92. The molecular formula is C11H11BrN2OS3. The Morgan fingerprint density at radius 3 is 2.61 bits per heavy atom. The highest BCUT2D eigenvalue weighted by atomic mass is 79.9. The van der Waals surface area contributed by atoms with Crippen molar-refractivity contribution in [1.29, 1.82) is 0 Å². The summed E-state index contributed by atoms with van der Waals surface area (Å²) in [5.74, 6) is 0. The number of benzene rings is 1. The van der Waals surface area contributed by atoms with Gasteiger partial charge in [-0.2, -0.15) is 0 Å². The van der Waals surface area contributed by atoms with Crippen molar-refractivity contribution in [1.82, 2.24) is 10.2 Å². The summed E-state index contributed by atoms with van der Waals surface area (Å²) in [6.07, 6.45) is 1.52. The van der Waals surface area contributed by atoms with Gasteiger partial charge in [-0.15, -0.1) is 10.2 Å². The number of hydrogen-bond donors (Lipinski definition) is 1. The molecule has 0 aliphatic rings. The largest absolute Gasteiger partial charge is 0.389 e. The van der Waals surface area contributed by atoms with Crippen molar-refractivity contribution >= 4 is 50.8 Å². The van der Waals surface area contributed by atoms with E-state index in [-0.39, 0.29) is 0 Å². The Bertz CT molecular complexity index is 545. The van der Waals surface area contributed by atoms with Crippen LogP contribution in [0.4, 0.5) is 0 Å². The predicted molar refractivity (Wildman–Crippen MR) is 80.6 cm³/mol. The first-order valence-corrected chi connectivity index (χ1v) is 8.78. The van der Waals surface area contributed by atoms with Crippen molar-refractivity contribution in [2.45, 2.75) is 26.6 Å². The quantitative estimate of drug-likeness (QED) is 0.824. The summed E-state index contributed by atoms with van der Waals surface area (Å²) in [7, 11) is 0. The Morgan fingerprint density at radius 1 is 1.33 bits per heavy atom. The number of halogens is 1. The molecule has 0 aliphatic heterocycles. The molecule has 3 nitrogen and oxygen atoms in total. The third-order valence-electron chi connectivity index (χ3n) is 2.19. The highest BCUT2D eigenvalue weighted by molar-refractivity contribution is 9.10. The molecule has 1 aromatic carbocycles. The van der Waals surface area contributed by atoms with Crippen molar-refractivity contribution in [3.8, 4) is 0 Å². The summed E-state index contributed by atoms with van der Waals surface area (Å²) in [6.45, 7) is 1.75.